The van der Waals surface area contributed by atoms with Crippen molar-refractivity contribution >= 4 is 17.5 Å². The van der Waals surface area contributed by atoms with Crippen LogP contribution in [0.15, 0.2) is 71.3 Å². The van der Waals surface area contributed by atoms with Crippen molar-refractivity contribution in [3.63, 3.8) is 0 Å². The quantitative estimate of drug-likeness (QED) is 0.604. The van der Waals surface area contributed by atoms with Gasteiger partial charge in [0, 0.05) is 18.3 Å². The number of nitrogens with zero attached hydrogens (tertiary/aromatic N) is 1. The molecule has 0 unspecified atom stereocenters. The minimum atomic E-state index is -0.214. The average Bonchev–Trinajstić information content (AvgIpc) is 3.26. The smallest absolute Gasteiger partial charge is 0.277 e. The molecule has 0 saturated carbocycles. The van der Waals surface area contributed by atoms with Crippen molar-refractivity contribution in [2.75, 3.05) is 25.5 Å². The van der Waals surface area contributed by atoms with Crippen molar-refractivity contribution in [2.45, 2.75) is 19.9 Å². The second-order valence-electron chi connectivity index (χ2n) is 7.41. The number of hydrogen-bond acceptors (Lipinski definition) is 3. The molecule has 0 aliphatic carbocycles. The Bertz CT molecular complexity index is 964. The van der Waals surface area contributed by atoms with Crippen molar-refractivity contribution in [1.29, 1.82) is 0 Å². The zero-order valence-corrected chi connectivity index (χ0v) is 17.6. The summed E-state index contributed by atoms with van der Waals surface area (Å²) in [7, 11) is 1.64. The first-order valence-corrected chi connectivity index (χ1v) is 9.97. The van der Waals surface area contributed by atoms with Crippen LogP contribution in [-0.4, -0.2) is 36.9 Å². The summed E-state index contributed by atoms with van der Waals surface area (Å²) in [5.41, 5.74) is 3.84. The van der Waals surface area contributed by atoms with Crippen LogP contribution >= 0.6 is 0 Å². The number of aryl methyl sites for hydroxylation is 2. The Hall–Kier alpha value is -3.38. The molecule has 6 heteroatoms. The number of amides is 2. The Morgan fingerprint density at radius 3 is 2.33 bits per heavy atom. The molecule has 3 rings (SSSR count). The van der Waals surface area contributed by atoms with Crippen molar-refractivity contribution in [2.24, 2.45) is 0 Å². The maximum absolute atomic E-state index is 12.7. The Balaban J connectivity index is 1.58. The number of para-hydroxylation sites is 1. The van der Waals surface area contributed by atoms with Crippen LogP contribution in [0, 0.1) is 13.8 Å². The summed E-state index contributed by atoms with van der Waals surface area (Å²) in [6.45, 7) is 4.10. The molecule has 30 heavy (non-hydrogen) atoms. The molecular weight excluding hydrogens is 378 g/mol. The predicted molar refractivity (Wildman–Crippen MR) is 116 cm³/mol. The van der Waals surface area contributed by atoms with Crippen LogP contribution in [0.2, 0.25) is 0 Å². The van der Waals surface area contributed by atoms with E-state index in [1.165, 1.54) is 4.90 Å². The van der Waals surface area contributed by atoms with E-state index in [-0.39, 0.29) is 30.9 Å². The van der Waals surface area contributed by atoms with Gasteiger partial charge in [0.1, 0.15) is 0 Å². The number of quaternary nitrogens is 1. The van der Waals surface area contributed by atoms with E-state index in [0.717, 1.165) is 28.1 Å². The van der Waals surface area contributed by atoms with Crippen LogP contribution in [0.1, 0.15) is 28.5 Å². The highest BCUT2D eigenvalue weighted by Crippen LogP contribution is 2.19. The SMILES string of the molecule is Cc1cccc(C)c1NC(=O)CN(C)C(=O)C[NH2+][C@H](c1ccccc1)c1ccco1. The van der Waals surface area contributed by atoms with Gasteiger partial charge in [-0.3, -0.25) is 9.59 Å². The lowest BCUT2D eigenvalue weighted by Gasteiger charge is -2.19. The largest absolute Gasteiger partial charge is 0.463 e. The summed E-state index contributed by atoms with van der Waals surface area (Å²) in [6, 6.07) is 19.4. The van der Waals surface area contributed by atoms with Crippen LogP contribution in [0.25, 0.3) is 0 Å². The molecule has 2 amide bonds. The molecule has 1 atom stereocenters. The number of furan rings is 1. The van der Waals surface area contributed by atoms with E-state index in [9.17, 15) is 9.59 Å². The van der Waals surface area contributed by atoms with Crippen molar-refractivity contribution in [3.05, 3.63) is 89.4 Å². The molecule has 3 aromatic rings. The third kappa shape index (κ3) is 5.36. The summed E-state index contributed by atoms with van der Waals surface area (Å²) in [4.78, 5) is 26.6. The van der Waals surface area contributed by atoms with E-state index < -0.39 is 0 Å². The van der Waals surface area contributed by atoms with Gasteiger partial charge in [-0.1, -0.05) is 48.5 Å². The average molecular weight is 407 g/mol. The van der Waals surface area contributed by atoms with Gasteiger partial charge in [-0.15, -0.1) is 0 Å². The number of benzene rings is 2. The topological polar surface area (TPSA) is 79.2 Å². The monoisotopic (exact) mass is 406 g/mol. The molecule has 0 fully saturated rings. The van der Waals surface area contributed by atoms with E-state index in [1.54, 1.807) is 13.3 Å². The van der Waals surface area contributed by atoms with Crippen LogP contribution in [0.3, 0.4) is 0 Å². The number of anilines is 1. The summed E-state index contributed by atoms with van der Waals surface area (Å²) in [5, 5.41) is 4.85. The maximum Gasteiger partial charge on any atom is 0.277 e. The summed E-state index contributed by atoms with van der Waals surface area (Å²) in [6.07, 6.45) is 1.63. The van der Waals surface area contributed by atoms with Gasteiger partial charge in [0.2, 0.25) is 5.91 Å². The van der Waals surface area contributed by atoms with Crippen LogP contribution in [-0.2, 0) is 9.59 Å². The highest BCUT2D eigenvalue weighted by atomic mass is 16.3. The number of nitrogens with one attached hydrogen (secondary N) is 1. The maximum atomic E-state index is 12.7. The fraction of sp³-hybridized carbons (Fsp3) is 0.250. The van der Waals surface area contributed by atoms with Gasteiger partial charge in [0.25, 0.3) is 5.91 Å². The van der Waals surface area contributed by atoms with Crippen LogP contribution in [0.4, 0.5) is 5.69 Å². The van der Waals surface area contributed by atoms with Gasteiger partial charge >= 0.3 is 0 Å². The molecule has 6 nitrogen and oxygen atoms in total. The number of rotatable bonds is 8. The lowest BCUT2D eigenvalue weighted by molar-refractivity contribution is -0.679. The predicted octanol–water partition coefficient (Wildman–Crippen LogP) is 2.65. The third-order valence-electron chi connectivity index (χ3n) is 5.09. The molecule has 3 N–H and O–H groups in total. The number of nitrogens with two attached hydrogens (primary N) is 1. The summed E-state index contributed by atoms with van der Waals surface area (Å²) >= 11 is 0. The molecule has 0 aliphatic rings. The Labute approximate surface area is 176 Å². The second kappa shape index (κ2) is 9.89. The second-order valence-corrected chi connectivity index (χ2v) is 7.41. The number of likely N-dealkylation sites (N-methyl/N-ethyl adjacent to an activating group) is 1. The normalized spacial score (nSPS) is 11.7. The van der Waals surface area contributed by atoms with E-state index >= 15 is 0 Å². The number of carbonyl (C=O) groups is 2. The van der Waals surface area contributed by atoms with Gasteiger partial charge in [-0.2, -0.15) is 0 Å². The first-order valence-electron chi connectivity index (χ1n) is 9.97. The lowest BCUT2D eigenvalue weighted by atomic mass is 10.0. The zero-order valence-electron chi connectivity index (χ0n) is 17.6. The Kier molecular flexibility index (Phi) is 7.03. The van der Waals surface area contributed by atoms with E-state index in [0.29, 0.717) is 0 Å². The standard InChI is InChI=1S/C24H27N3O3/c1-17-9-7-10-18(2)23(17)26-21(28)16-27(3)22(29)15-25-24(20-13-8-14-30-20)19-11-5-4-6-12-19/h4-14,24-25H,15-16H2,1-3H3,(H,26,28)/p+1/t24-/m1/s1. The first kappa shape index (κ1) is 21.3. The van der Waals surface area contributed by atoms with Gasteiger partial charge in [0.15, 0.2) is 18.3 Å². The lowest BCUT2D eigenvalue weighted by Crippen LogP contribution is -2.87. The molecule has 2 aromatic carbocycles. The van der Waals surface area contributed by atoms with Crippen molar-refractivity contribution in [3.8, 4) is 0 Å². The minimum absolute atomic E-state index is 0.00277. The Morgan fingerprint density at radius 2 is 1.70 bits per heavy atom. The van der Waals surface area contributed by atoms with Gasteiger partial charge in [-0.25, -0.2) is 0 Å². The molecule has 0 radical (unpaired) electrons. The summed E-state index contributed by atoms with van der Waals surface area (Å²) < 4.78 is 5.58. The number of carbonyl (C=O) groups excluding carboxylic acids is 2. The van der Waals surface area contributed by atoms with Gasteiger partial charge < -0.3 is 20.0 Å². The van der Waals surface area contributed by atoms with E-state index in [1.807, 2.05) is 79.8 Å². The molecule has 0 saturated heterocycles. The van der Waals surface area contributed by atoms with E-state index in [4.69, 9.17) is 4.42 Å². The highest BCUT2D eigenvalue weighted by molar-refractivity contribution is 5.95. The zero-order chi connectivity index (χ0) is 21.5. The first-order chi connectivity index (χ1) is 14.5. The fourth-order valence-corrected chi connectivity index (χ4v) is 3.41. The molecule has 156 valence electrons. The molecule has 0 spiro atoms. The van der Waals surface area contributed by atoms with E-state index in [2.05, 4.69) is 5.32 Å². The Morgan fingerprint density at radius 1 is 1.00 bits per heavy atom. The van der Waals surface area contributed by atoms with Gasteiger partial charge in [0.05, 0.1) is 12.8 Å². The van der Waals surface area contributed by atoms with Crippen LogP contribution in [0.5, 0.6) is 0 Å². The molecule has 1 aromatic heterocycles. The highest BCUT2D eigenvalue weighted by Gasteiger charge is 2.23. The van der Waals surface area contributed by atoms with Crippen LogP contribution < -0.4 is 10.6 Å². The van der Waals surface area contributed by atoms with Gasteiger partial charge in [-0.05, 0) is 37.1 Å². The fourth-order valence-electron chi connectivity index (χ4n) is 3.41. The van der Waals surface area contributed by atoms with Crippen molar-refractivity contribution < 1.29 is 19.3 Å². The molecule has 1 heterocycles. The molecule has 0 bridgehead atoms. The minimum Gasteiger partial charge on any atom is -0.463 e. The molecule has 0 aliphatic heterocycles. The third-order valence-corrected chi connectivity index (χ3v) is 5.09. The number of hydrogen-bond donors (Lipinski definition) is 2. The van der Waals surface area contributed by atoms with Crippen molar-refractivity contribution in [1.82, 2.24) is 4.90 Å². The summed E-state index contributed by atoms with van der Waals surface area (Å²) in [5.74, 6) is 0.442. The molecular formula is C24H28N3O3+.